The average molecular weight is 649 g/mol. The standard InChI is InChI=1S/C35H48N6O4S/c1-22(2)45-31-19-28(26-13-16-41(17-14-26)34(42)27-10-9-15-36-21-27)24(5)18-30(31)39-35-37-20-25(6)33(40-35)38-29-11-7-8-12-32(29)46(43,44)23(3)4/h7-8,11-12,18-20,22-23,26-27,36H,9-10,13-17,21H2,1-6H3,(H2,37,38,39,40)/t27-/m0/s1. The van der Waals surface area contributed by atoms with Crippen LogP contribution in [0.25, 0.3) is 0 Å². The number of aryl methyl sites for hydroxylation is 2. The molecule has 2 saturated heterocycles. The lowest BCUT2D eigenvalue weighted by molar-refractivity contribution is -0.137. The molecular formula is C35H48N6O4S. The Bertz CT molecular complexity index is 1640. The molecule has 3 aromatic rings. The molecule has 2 fully saturated rings. The minimum Gasteiger partial charge on any atom is -0.489 e. The molecule has 0 saturated carbocycles. The van der Waals surface area contributed by atoms with Crippen molar-refractivity contribution in [2.75, 3.05) is 36.8 Å². The molecule has 1 aromatic heterocycles. The Kier molecular flexibility index (Phi) is 10.5. The first-order valence-electron chi connectivity index (χ1n) is 16.4. The Morgan fingerprint density at radius 2 is 1.74 bits per heavy atom. The number of para-hydroxylation sites is 1. The maximum absolute atomic E-state index is 13.1. The number of aromatic nitrogens is 2. The number of carbonyl (C=O) groups excluding carboxylic acids is 1. The van der Waals surface area contributed by atoms with Gasteiger partial charge in [-0.15, -0.1) is 0 Å². The van der Waals surface area contributed by atoms with Gasteiger partial charge in [-0.25, -0.2) is 13.4 Å². The number of piperidine rings is 2. The third-order valence-electron chi connectivity index (χ3n) is 8.91. The number of benzene rings is 2. The second-order valence-electron chi connectivity index (χ2n) is 13.1. The average Bonchev–Trinajstić information content (AvgIpc) is 3.04. The van der Waals surface area contributed by atoms with E-state index in [1.165, 1.54) is 5.56 Å². The molecule has 0 unspecified atom stereocenters. The minimum atomic E-state index is -3.51. The van der Waals surface area contributed by atoms with Crippen LogP contribution < -0.4 is 20.7 Å². The third kappa shape index (κ3) is 7.63. The number of nitrogens with zero attached hydrogens (tertiary/aromatic N) is 3. The van der Waals surface area contributed by atoms with Gasteiger partial charge in [-0.05, 0) is 115 Å². The van der Waals surface area contributed by atoms with Gasteiger partial charge in [-0.1, -0.05) is 12.1 Å². The Morgan fingerprint density at radius 3 is 2.41 bits per heavy atom. The first kappa shape index (κ1) is 33.7. The SMILES string of the molecule is Cc1cc(Nc2ncc(C)c(Nc3ccccc3S(=O)(=O)C(C)C)n2)c(OC(C)C)cc1C1CCN(C(=O)[C@H]2CCCNC2)CC1. The number of rotatable bonds is 10. The fraction of sp³-hybridized carbons (Fsp3) is 0.514. The second-order valence-corrected chi connectivity index (χ2v) is 15.6. The highest BCUT2D eigenvalue weighted by Crippen LogP contribution is 2.38. The summed E-state index contributed by atoms with van der Waals surface area (Å²) < 4.78 is 32.4. The zero-order valence-electron chi connectivity index (χ0n) is 27.9. The number of anilines is 4. The van der Waals surface area contributed by atoms with E-state index in [2.05, 4.69) is 44.9 Å². The molecule has 0 radical (unpaired) electrons. The van der Waals surface area contributed by atoms with Crippen molar-refractivity contribution in [2.24, 2.45) is 5.92 Å². The number of hydrogen-bond donors (Lipinski definition) is 3. The van der Waals surface area contributed by atoms with Crippen LogP contribution in [0.5, 0.6) is 5.75 Å². The number of nitrogens with one attached hydrogen (secondary N) is 3. The van der Waals surface area contributed by atoms with E-state index >= 15 is 0 Å². The van der Waals surface area contributed by atoms with Gasteiger partial charge in [-0.3, -0.25) is 4.79 Å². The summed E-state index contributed by atoms with van der Waals surface area (Å²) in [7, 11) is -3.51. The van der Waals surface area contributed by atoms with E-state index < -0.39 is 15.1 Å². The quantitative estimate of drug-likeness (QED) is 0.234. The highest BCUT2D eigenvalue weighted by Gasteiger charge is 2.30. The summed E-state index contributed by atoms with van der Waals surface area (Å²) in [5, 5.41) is 9.41. The molecule has 3 N–H and O–H groups in total. The van der Waals surface area contributed by atoms with Gasteiger partial charge in [0.2, 0.25) is 11.9 Å². The summed E-state index contributed by atoms with van der Waals surface area (Å²) in [6, 6.07) is 11.1. The summed E-state index contributed by atoms with van der Waals surface area (Å²) in [6.45, 7) is 14.7. The van der Waals surface area contributed by atoms with Gasteiger partial charge in [0, 0.05) is 31.4 Å². The Hall–Kier alpha value is -3.70. The van der Waals surface area contributed by atoms with Crippen LogP contribution in [0.2, 0.25) is 0 Å². The van der Waals surface area contributed by atoms with Crippen LogP contribution >= 0.6 is 0 Å². The lowest BCUT2D eigenvalue weighted by Crippen LogP contribution is -2.45. The van der Waals surface area contributed by atoms with Gasteiger partial charge in [0.15, 0.2) is 9.84 Å². The highest BCUT2D eigenvalue weighted by atomic mass is 32.2. The van der Waals surface area contributed by atoms with Crippen molar-refractivity contribution in [3.05, 3.63) is 59.3 Å². The zero-order chi connectivity index (χ0) is 33.0. The third-order valence-corrected chi connectivity index (χ3v) is 11.1. The van der Waals surface area contributed by atoms with Crippen molar-refractivity contribution in [1.29, 1.82) is 0 Å². The number of ether oxygens (including phenoxy) is 1. The Labute approximate surface area is 273 Å². The van der Waals surface area contributed by atoms with E-state index in [4.69, 9.17) is 9.72 Å². The number of amides is 1. The summed E-state index contributed by atoms with van der Waals surface area (Å²) in [6.07, 6.45) is 5.54. The van der Waals surface area contributed by atoms with E-state index in [1.807, 2.05) is 20.8 Å². The fourth-order valence-electron chi connectivity index (χ4n) is 6.27. The van der Waals surface area contributed by atoms with Gasteiger partial charge in [0.05, 0.1) is 33.5 Å². The van der Waals surface area contributed by atoms with Crippen molar-refractivity contribution < 1.29 is 17.9 Å². The lowest BCUT2D eigenvalue weighted by atomic mass is 9.85. The molecule has 0 spiro atoms. The highest BCUT2D eigenvalue weighted by molar-refractivity contribution is 7.92. The molecule has 3 heterocycles. The predicted octanol–water partition coefficient (Wildman–Crippen LogP) is 6.26. The summed E-state index contributed by atoms with van der Waals surface area (Å²) in [4.78, 5) is 24.7. The maximum Gasteiger partial charge on any atom is 0.229 e. The molecule has 11 heteroatoms. The van der Waals surface area contributed by atoms with Crippen molar-refractivity contribution in [3.63, 3.8) is 0 Å². The van der Waals surface area contributed by atoms with E-state index in [1.54, 1.807) is 44.3 Å². The molecule has 248 valence electrons. The molecular weight excluding hydrogens is 600 g/mol. The number of hydrogen-bond acceptors (Lipinski definition) is 9. The van der Waals surface area contributed by atoms with E-state index in [0.29, 0.717) is 29.3 Å². The predicted molar refractivity (Wildman–Crippen MR) is 183 cm³/mol. The van der Waals surface area contributed by atoms with Crippen LogP contribution in [-0.2, 0) is 14.6 Å². The molecule has 10 nitrogen and oxygen atoms in total. The van der Waals surface area contributed by atoms with E-state index in [0.717, 1.165) is 74.4 Å². The molecule has 2 aromatic carbocycles. The normalized spacial score (nSPS) is 17.7. The van der Waals surface area contributed by atoms with E-state index in [-0.39, 0.29) is 16.9 Å². The molecule has 46 heavy (non-hydrogen) atoms. The Balaban J connectivity index is 1.35. The molecule has 1 amide bonds. The summed E-state index contributed by atoms with van der Waals surface area (Å²) in [5.74, 6) is 2.32. The van der Waals surface area contributed by atoms with Crippen molar-refractivity contribution >= 4 is 38.9 Å². The molecule has 5 rings (SSSR count). The van der Waals surface area contributed by atoms with E-state index in [9.17, 15) is 13.2 Å². The van der Waals surface area contributed by atoms with Crippen LogP contribution in [0, 0.1) is 19.8 Å². The molecule has 2 aliphatic rings. The summed E-state index contributed by atoms with van der Waals surface area (Å²) >= 11 is 0. The lowest BCUT2D eigenvalue weighted by Gasteiger charge is -2.36. The molecule has 0 aliphatic carbocycles. The van der Waals surface area contributed by atoms with Crippen LogP contribution in [-0.4, -0.2) is 66.7 Å². The van der Waals surface area contributed by atoms with Crippen LogP contribution in [0.1, 0.15) is 76.0 Å². The van der Waals surface area contributed by atoms with Crippen LogP contribution in [0.4, 0.5) is 23.1 Å². The number of sulfone groups is 1. The second kappa shape index (κ2) is 14.4. The first-order chi connectivity index (χ1) is 21.9. The first-order valence-corrected chi connectivity index (χ1v) is 18.0. The zero-order valence-corrected chi connectivity index (χ0v) is 28.7. The smallest absolute Gasteiger partial charge is 0.229 e. The topological polar surface area (TPSA) is 126 Å². The monoisotopic (exact) mass is 648 g/mol. The molecule has 1 atom stereocenters. The Morgan fingerprint density at radius 1 is 1.00 bits per heavy atom. The summed E-state index contributed by atoms with van der Waals surface area (Å²) in [5.41, 5.74) is 4.37. The van der Waals surface area contributed by atoms with Gasteiger partial charge in [-0.2, -0.15) is 4.98 Å². The number of likely N-dealkylation sites (tertiary alicyclic amines) is 1. The van der Waals surface area contributed by atoms with Crippen molar-refractivity contribution in [2.45, 2.75) is 89.4 Å². The van der Waals surface area contributed by atoms with Gasteiger partial charge in [0.1, 0.15) is 11.6 Å². The number of carbonyl (C=O) groups is 1. The largest absolute Gasteiger partial charge is 0.489 e. The van der Waals surface area contributed by atoms with Crippen molar-refractivity contribution in [3.8, 4) is 5.75 Å². The van der Waals surface area contributed by atoms with Gasteiger partial charge >= 0.3 is 0 Å². The van der Waals surface area contributed by atoms with Crippen molar-refractivity contribution in [1.82, 2.24) is 20.2 Å². The van der Waals surface area contributed by atoms with Gasteiger partial charge < -0.3 is 25.6 Å². The van der Waals surface area contributed by atoms with Gasteiger partial charge in [0.25, 0.3) is 0 Å². The van der Waals surface area contributed by atoms with Crippen LogP contribution in [0.3, 0.4) is 0 Å². The maximum atomic E-state index is 13.1. The molecule has 0 bridgehead atoms. The minimum absolute atomic E-state index is 0.0461. The van der Waals surface area contributed by atoms with Crippen LogP contribution in [0.15, 0.2) is 47.5 Å². The fourth-order valence-corrected chi connectivity index (χ4v) is 7.47. The molecule has 2 aliphatic heterocycles.